The van der Waals surface area contributed by atoms with Crippen LogP contribution in [0.1, 0.15) is 17.3 Å². The normalized spacial score (nSPS) is 20.0. The Kier molecular flexibility index (Phi) is 5.52. The molecule has 4 rings (SSSR count). The van der Waals surface area contributed by atoms with E-state index in [2.05, 4.69) is 21.3 Å². The standard InChI is InChI=1S/C21H22FN5O2S/c1-21(10-22)11-26(12-21)14-2-3-18-17(6-14)16(4-5-24-18)20(29)25-8-19(28)27-13-30-9-15(27)7-23/h2-6,15H,8-13H2,1H3,(H,25,29). The van der Waals surface area contributed by atoms with Gasteiger partial charge in [-0.15, -0.1) is 11.8 Å². The summed E-state index contributed by atoms with van der Waals surface area (Å²) < 4.78 is 13.1. The number of anilines is 1. The van der Waals surface area contributed by atoms with Gasteiger partial charge in [-0.2, -0.15) is 5.26 Å². The Morgan fingerprint density at radius 2 is 2.20 bits per heavy atom. The number of nitriles is 1. The molecule has 30 heavy (non-hydrogen) atoms. The van der Waals surface area contributed by atoms with Crippen LogP contribution in [0.25, 0.3) is 10.9 Å². The van der Waals surface area contributed by atoms with Crippen molar-refractivity contribution in [1.29, 1.82) is 5.26 Å². The molecule has 1 unspecified atom stereocenters. The molecule has 1 aromatic carbocycles. The summed E-state index contributed by atoms with van der Waals surface area (Å²) in [6.45, 7) is 2.64. The van der Waals surface area contributed by atoms with Crippen LogP contribution in [0, 0.1) is 16.7 Å². The van der Waals surface area contributed by atoms with Crippen LogP contribution in [-0.2, 0) is 4.79 Å². The van der Waals surface area contributed by atoms with Crippen LogP contribution in [0.15, 0.2) is 30.5 Å². The minimum Gasteiger partial charge on any atom is -0.370 e. The maximum Gasteiger partial charge on any atom is 0.252 e. The van der Waals surface area contributed by atoms with E-state index in [9.17, 15) is 14.0 Å². The number of amides is 2. The molecule has 9 heteroatoms. The maximum absolute atomic E-state index is 13.1. The number of thioether (sulfide) groups is 1. The van der Waals surface area contributed by atoms with Gasteiger partial charge in [0.1, 0.15) is 6.04 Å². The predicted molar refractivity (Wildman–Crippen MR) is 114 cm³/mol. The summed E-state index contributed by atoms with van der Waals surface area (Å²) in [5.74, 6) is 0.407. The molecule has 0 radical (unpaired) electrons. The lowest BCUT2D eigenvalue weighted by molar-refractivity contribution is -0.129. The molecule has 1 N–H and O–H groups in total. The summed E-state index contributed by atoms with van der Waals surface area (Å²) >= 11 is 1.52. The van der Waals surface area contributed by atoms with Gasteiger partial charge in [-0.25, -0.2) is 0 Å². The smallest absolute Gasteiger partial charge is 0.252 e. The van der Waals surface area contributed by atoms with Gasteiger partial charge in [0.05, 0.1) is 36.2 Å². The molecule has 0 bridgehead atoms. The van der Waals surface area contributed by atoms with Crippen molar-refractivity contribution < 1.29 is 14.0 Å². The maximum atomic E-state index is 13.1. The highest BCUT2D eigenvalue weighted by Crippen LogP contribution is 2.35. The fourth-order valence-corrected chi connectivity index (χ4v) is 4.92. The van der Waals surface area contributed by atoms with Crippen molar-refractivity contribution in [2.75, 3.05) is 42.8 Å². The molecule has 0 aliphatic carbocycles. The van der Waals surface area contributed by atoms with Crippen LogP contribution in [0.2, 0.25) is 0 Å². The van der Waals surface area contributed by atoms with Crippen LogP contribution in [0.4, 0.5) is 10.1 Å². The summed E-state index contributed by atoms with van der Waals surface area (Å²) in [5.41, 5.74) is 1.69. The largest absolute Gasteiger partial charge is 0.370 e. The van der Waals surface area contributed by atoms with E-state index in [-0.39, 0.29) is 30.4 Å². The SMILES string of the molecule is CC1(CF)CN(c2ccc3nccc(C(=O)NCC(=O)N4CSCC4C#N)c3c2)C1. The Hall–Kier alpha value is -2.86. The summed E-state index contributed by atoms with van der Waals surface area (Å²) in [5, 5.41) is 12.5. The Balaban J connectivity index is 1.49. The van der Waals surface area contributed by atoms with Crippen LogP contribution in [-0.4, -0.2) is 65.7 Å². The quantitative estimate of drug-likeness (QED) is 0.787. The Morgan fingerprint density at radius 1 is 1.40 bits per heavy atom. The predicted octanol–water partition coefficient (Wildman–Crippen LogP) is 2.19. The number of alkyl halides is 1. The highest BCUT2D eigenvalue weighted by atomic mass is 32.2. The highest BCUT2D eigenvalue weighted by molar-refractivity contribution is 7.99. The number of nitrogens with zero attached hydrogens (tertiary/aromatic N) is 4. The molecule has 2 aromatic rings. The van der Waals surface area contributed by atoms with E-state index in [1.54, 1.807) is 12.3 Å². The third-order valence-electron chi connectivity index (χ3n) is 5.55. The second-order valence-electron chi connectivity index (χ2n) is 8.05. The molecule has 2 aliphatic heterocycles. The molecular weight excluding hydrogens is 405 g/mol. The average Bonchev–Trinajstić information content (AvgIpc) is 3.23. The molecule has 2 fully saturated rings. The zero-order chi connectivity index (χ0) is 21.3. The molecule has 1 aromatic heterocycles. The fraction of sp³-hybridized carbons (Fsp3) is 0.429. The molecule has 2 aliphatic rings. The number of pyridine rings is 1. The lowest BCUT2D eigenvalue weighted by Crippen LogP contribution is -2.56. The van der Waals surface area contributed by atoms with Crippen molar-refractivity contribution in [3.8, 4) is 6.07 Å². The molecule has 0 spiro atoms. The number of fused-ring (bicyclic) bond motifs is 1. The topological polar surface area (TPSA) is 89.3 Å². The first kappa shape index (κ1) is 20.4. The van der Waals surface area contributed by atoms with Gasteiger partial charge in [-0.05, 0) is 24.3 Å². The van der Waals surface area contributed by atoms with E-state index < -0.39 is 6.04 Å². The molecule has 3 heterocycles. The molecule has 1 atom stereocenters. The Bertz CT molecular complexity index is 1030. The van der Waals surface area contributed by atoms with E-state index in [0.29, 0.717) is 41.2 Å². The van der Waals surface area contributed by atoms with E-state index in [1.807, 2.05) is 25.1 Å². The molecule has 2 amide bonds. The van der Waals surface area contributed by atoms with Gasteiger partial charge in [0.25, 0.3) is 5.91 Å². The van der Waals surface area contributed by atoms with Gasteiger partial charge in [0, 0.05) is 41.5 Å². The van der Waals surface area contributed by atoms with Gasteiger partial charge in [-0.1, -0.05) is 6.92 Å². The third-order valence-corrected chi connectivity index (χ3v) is 6.57. The summed E-state index contributed by atoms with van der Waals surface area (Å²) in [4.78, 5) is 33.1. The number of nitrogens with one attached hydrogen (secondary N) is 1. The number of hydrogen-bond acceptors (Lipinski definition) is 6. The second-order valence-corrected chi connectivity index (χ2v) is 9.05. The number of rotatable bonds is 5. The van der Waals surface area contributed by atoms with E-state index in [4.69, 9.17) is 5.26 Å². The van der Waals surface area contributed by atoms with Crippen molar-refractivity contribution in [2.45, 2.75) is 13.0 Å². The Labute approximate surface area is 178 Å². The first-order valence-electron chi connectivity index (χ1n) is 9.69. The van der Waals surface area contributed by atoms with Crippen LogP contribution in [0.3, 0.4) is 0 Å². The van der Waals surface area contributed by atoms with Gasteiger partial charge < -0.3 is 15.1 Å². The van der Waals surface area contributed by atoms with E-state index in [1.165, 1.54) is 16.7 Å². The minimum absolute atomic E-state index is 0.165. The van der Waals surface area contributed by atoms with Gasteiger partial charge >= 0.3 is 0 Å². The lowest BCUT2D eigenvalue weighted by atomic mass is 9.83. The lowest BCUT2D eigenvalue weighted by Gasteiger charge is -2.48. The molecule has 156 valence electrons. The molecule has 0 saturated carbocycles. The zero-order valence-electron chi connectivity index (χ0n) is 16.6. The minimum atomic E-state index is -0.449. The first-order chi connectivity index (χ1) is 14.4. The van der Waals surface area contributed by atoms with Crippen LogP contribution < -0.4 is 10.2 Å². The van der Waals surface area contributed by atoms with Crippen molar-refractivity contribution in [3.63, 3.8) is 0 Å². The number of aromatic nitrogens is 1. The fourth-order valence-electron chi connectivity index (χ4n) is 3.82. The van der Waals surface area contributed by atoms with Crippen molar-refractivity contribution in [3.05, 3.63) is 36.0 Å². The summed E-state index contributed by atoms with van der Waals surface area (Å²) in [6, 6.07) is 8.94. The molecule has 2 saturated heterocycles. The number of halogens is 1. The number of carbonyl (C=O) groups is 2. The van der Waals surface area contributed by atoms with Gasteiger partial charge in [-0.3, -0.25) is 19.0 Å². The number of benzene rings is 1. The number of carbonyl (C=O) groups excluding carboxylic acids is 2. The summed E-state index contributed by atoms with van der Waals surface area (Å²) in [7, 11) is 0. The first-order valence-corrected chi connectivity index (χ1v) is 10.8. The zero-order valence-corrected chi connectivity index (χ0v) is 17.4. The van der Waals surface area contributed by atoms with Crippen LogP contribution in [0.5, 0.6) is 0 Å². The van der Waals surface area contributed by atoms with Crippen molar-refractivity contribution in [1.82, 2.24) is 15.2 Å². The molecule has 7 nitrogen and oxygen atoms in total. The van der Waals surface area contributed by atoms with E-state index >= 15 is 0 Å². The van der Waals surface area contributed by atoms with Crippen molar-refractivity contribution in [2.24, 2.45) is 5.41 Å². The Morgan fingerprint density at radius 3 is 2.93 bits per heavy atom. The summed E-state index contributed by atoms with van der Waals surface area (Å²) in [6.07, 6.45) is 1.56. The van der Waals surface area contributed by atoms with Gasteiger partial charge in [0.15, 0.2) is 0 Å². The van der Waals surface area contributed by atoms with E-state index in [0.717, 1.165) is 5.69 Å². The monoisotopic (exact) mass is 427 g/mol. The van der Waals surface area contributed by atoms with Crippen LogP contribution >= 0.6 is 11.8 Å². The molecular formula is C21H22FN5O2S. The number of hydrogen-bond donors (Lipinski definition) is 1. The van der Waals surface area contributed by atoms with Crippen molar-refractivity contribution >= 4 is 40.2 Å². The second kappa shape index (κ2) is 8.11. The third kappa shape index (κ3) is 3.79. The van der Waals surface area contributed by atoms with Gasteiger partial charge in [0.2, 0.25) is 5.91 Å². The highest BCUT2D eigenvalue weighted by Gasteiger charge is 2.39. The average molecular weight is 428 g/mol.